The standard InChI is InChI=1S/C23H31NO2/c1-16(2)15-21(19-11-7-6-8-12-19)24-23(25)18(5)26-22-14-10-9-13-20(22)17(3)4/h6-14,16-18,21H,15H2,1-5H3,(H,24,25)/t18-,21-/m1/s1. The molecule has 140 valence electrons. The van der Waals surface area contributed by atoms with E-state index in [1.165, 1.54) is 0 Å². The highest BCUT2D eigenvalue weighted by Crippen LogP contribution is 2.27. The number of hydrogen-bond acceptors (Lipinski definition) is 2. The first-order valence-electron chi connectivity index (χ1n) is 9.49. The molecule has 0 aromatic heterocycles. The van der Waals surface area contributed by atoms with Gasteiger partial charge < -0.3 is 10.1 Å². The lowest BCUT2D eigenvalue weighted by Gasteiger charge is -2.24. The van der Waals surface area contributed by atoms with Crippen LogP contribution in [0.5, 0.6) is 5.75 Å². The molecule has 3 nitrogen and oxygen atoms in total. The minimum Gasteiger partial charge on any atom is -0.481 e. The van der Waals surface area contributed by atoms with Crippen LogP contribution in [-0.2, 0) is 4.79 Å². The minimum absolute atomic E-state index is 0.00454. The Morgan fingerprint density at radius 3 is 2.15 bits per heavy atom. The minimum atomic E-state index is -0.548. The Hall–Kier alpha value is -2.29. The second-order valence-corrected chi connectivity index (χ2v) is 7.55. The van der Waals surface area contributed by atoms with Gasteiger partial charge in [-0.25, -0.2) is 0 Å². The predicted molar refractivity (Wildman–Crippen MR) is 107 cm³/mol. The maximum absolute atomic E-state index is 12.8. The largest absolute Gasteiger partial charge is 0.481 e. The van der Waals surface area contributed by atoms with Gasteiger partial charge in [0.1, 0.15) is 5.75 Å². The molecule has 3 heteroatoms. The van der Waals surface area contributed by atoms with Gasteiger partial charge in [-0.3, -0.25) is 4.79 Å². The summed E-state index contributed by atoms with van der Waals surface area (Å²) in [6.07, 6.45) is 0.346. The first-order valence-corrected chi connectivity index (χ1v) is 9.49. The van der Waals surface area contributed by atoms with Crippen LogP contribution in [0.15, 0.2) is 54.6 Å². The molecule has 0 heterocycles. The van der Waals surface area contributed by atoms with Crippen molar-refractivity contribution in [2.75, 3.05) is 0 Å². The number of carbonyl (C=O) groups is 1. The monoisotopic (exact) mass is 353 g/mol. The van der Waals surface area contributed by atoms with Crippen molar-refractivity contribution in [1.82, 2.24) is 5.32 Å². The molecule has 0 aliphatic rings. The molecular formula is C23H31NO2. The number of hydrogen-bond donors (Lipinski definition) is 1. The zero-order valence-electron chi connectivity index (χ0n) is 16.5. The number of amides is 1. The Bertz CT molecular complexity index is 694. The third kappa shape index (κ3) is 5.62. The molecular weight excluding hydrogens is 322 g/mol. The maximum Gasteiger partial charge on any atom is 0.261 e. The zero-order chi connectivity index (χ0) is 19.1. The molecule has 26 heavy (non-hydrogen) atoms. The quantitative estimate of drug-likeness (QED) is 0.682. The lowest BCUT2D eigenvalue weighted by Crippen LogP contribution is -2.39. The van der Waals surface area contributed by atoms with Gasteiger partial charge in [0.15, 0.2) is 6.10 Å². The van der Waals surface area contributed by atoms with Crippen LogP contribution in [0, 0.1) is 5.92 Å². The first-order chi connectivity index (χ1) is 12.4. The first kappa shape index (κ1) is 20.0. The highest BCUT2D eigenvalue weighted by molar-refractivity contribution is 5.81. The Morgan fingerprint density at radius 1 is 0.923 bits per heavy atom. The van der Waals surface area contributed by atoms with Gasteiger partial charge in [0.05, 0.1) is 6.04 Å². The summed E-state index contributed by atoms with van der Waals surface area (Å²) in [7, 11) is 0. The van der Waals surface area contributed by atoms with E-state index in [0.29, 0.717) is 11.8 Å². The molecule has 0 saturated heterocycles. The molecule has 0 spiro atoms. The lowest BCUT2D eigenvalue weighted by molar-refractivity contribution is -0.128. The molecule has 0 saturated carbocycles. The molecule has 2 atom stereocenters. The summed E-state index contributed by atoms with van der Waals surface area (Å²) in [6, 6.07) is 18.1. The molecule has 0 unspecified atom stereocenters. The fourth-order valence-corrected chi connectivity index (χ4v) is 3.03. The summed E-state index contributed by atoms with van der Waals surface area (Å²) >= 11 is 0. The Balaban J connectivity index is 2.09. The van der Waals surface area contributed by atoms with E-state index < -0.39 is 6.10 Å². The number of carbonyl (C=O) groups excluding carboxylic acids is 1. The molecule has 0 bridgehead atoms. The van der Waals surface area contributed by atoms with Crippen LogP contribution < -0.4 is 10.1 Å². The number of nitrogens with one attached hydrogen (secondary N) is 1. The van der Waals surface area contributed by atoms with Crippen molar-refractivity contribution in [1.29, 1.82) is 0 Å². The third-order valence-corrected chi connectivity index (χ3v) is 4.44. The summed E-state index contributed by atoms with van der Waals surface area (Å²) in [4.78, 5) is 12.8. The summed E-state index contributed by atoms with van der Waals surface area (Å²) in [5.41, 5.74) is 2.25. The lowest BCUT2D eigenvalue weighted by atomic mass is 9.97. The summed E-state index contributed by atoms with van der Waals surface area (Å²) in [5, 5.41) is 3.17. The van der Waals surface area contributed by atoms with Crippen molar-refractivity contribution < 1.29 is 9.53 Å². The van der Waals surface area contributed by atoms with E-state index >= 15 is 0 Å². The molecule has 2 aromatic rings. The number of para-hydroxylation sites is 1. The highest BCUT2D eigenvalue weighted by atomic mass is 16.5. The maximum atomic E-state index is 12.8. The second-order valence-electron chi connectivity index (χ2n) is 7.55. The molecule has 0 aliphatic heterocycles. The van der Waals surface area contributed by atoms with Gasteiger partial charge in [0.2, 0.25) is 0 Å². The van der Waals surface area contributed by atoms with Crippen molar-refractivity contribution >= 4 is 5.91 Å². The van der Waals surface area contributed by atoms with Gasteiger partial charge in [-0.15, -0.1) is 0 Å². The van der Waals surface area contributed by atoms with Gasteiger partial charge >= 0.3 is 0 Å². The average molecular weight is 354 g/mol. The van der Waals surface area contributed by atoms with Crippen molar-refractivity contribution in [3.05, 3.63) is 65.7 Å². The van der Waals surface area contributed by atoms with Gasteiger partial charge in [-0.2, -0.15) is 0 Å². The van der Waals surface area contributed by atoms with Crippen LogP contribution in [-0.4, -0.2) is 12.0 Å². The van der Waals surface area contributed by atoms with E-state index in [4.69, 9.17) is 4.74 Å². The van der Waals surface area contributed by atoms with Crippen LogP contribution >= 0.6 is 0 Å². The highest BCUT2D eigenvalue weighted by Gasteiger charge is 2.22. The topological polar surface area (TPSA) is 38.3 Å². The van der Waals surface area contributed by atoms with E-state index in [1.807, 2.05) is 43.3 Å². The van der Waals surface area contributed by atoms with Crippen molar-refractivity contribution in [2.45, 2.75) is 59.1 Å². The zero-order valence-corrected chi connectivity index (χ0v) is 16.5. The Kier molecular flexibility index (Phi) is 7.26. The van der Waals surface area contributed by atoms with E-state index in [2.05, 4.69) is 51.2 Å². The van der Waals surface area contributed by atoms with Crippen molar-refractivity contribution in [3.63, 3.8) is 0 Å². The summed E-state index contributed by atoms with van der Waals surface area (Å²) < 4.78 is 6.00. The number of benzene rings is 2. The molecule has 0 radical (unpaired) electrons. The van der Waals surface area contributed by atoms with Crippen LogP contribution in [0.2, 0.25) is 0 Å². The molecule has 1 amide bonds. The van der Waals surface area contributed by atoms with Crippen LogP contribution in [0.1, 0.15) is 64.1 Å². The van der Waals surface area contributed by atoms with Crippen molar-refractivity contribution in [2.24, 2.45) is 5.92 Å². The average Bonchev–Trinajstić information content (AvgIpc) is 2.61. The summed E-state index contributed by atoms with van der Waals surface area (Å²) in [5.74, 6) is 1.53. The SMILES string of the molecule is CC(C)C[C@@H](NC(=O)[C@@H](C)Oc1ccccc1C(C)C)c1ccccc1. The van der Waals surface area contributed by atoms with E-state index in [0.717, 1.165) is 23.3 Å². The smallest absolute Gasteiger partial charge is 0.261 e. The van der Waals surface area contributed by atoms with Gasteiger partial charge in [0.25, 0.3) is 5.91 Å². The fraction of sp³-hybridized carbons (Fsp3) is 0.435. The number of ether oxygens (including phenoxy) is 1. The van der Waals surface area contributed by atoms with E-state index in [9.17, 15) is 4.79 Å². The number of rotatable bonds is 8. The molecule has 0 fully saturated rings. The third-order valence-electron chi connectivity index (χ3n) is 4.44. The van der Waals surface area contributed by atoms with Crippen LogP contribution in [0.4, 0.5) is 0 Å². The summed E-state index contributed by atoms with van der Waals surface area (Å²) in [6.45, 7) is 10.4. The Labute approximate surface area is 157 Å². The molecule has 2 aromatic carbocycles. The second kappa shape index (κ2) is 9.42. The van der Waals surface area contributed by atoms with Crippen LogP contribution in [0.3, 0.4) is 0 Å². The van der Waals surface area contributed by atoms with E-state index in [1.54, 1.807) is 0 Å². The van der Waals surface area contributed by atoms with Gasteiger partial charge in [-0.05, 0) is 42.4 Å². The predicted octanol–water partition coefficient (Wildman–Crippen LogP) is 5.48. The van der Waals surface area contributed by atoms with Crippen LogP contribution in [0.25, 0.3) is 0 Å². The normalized spacial score (nSPS) is 13.5. The van der Waals surface area contributed by atoms with Gasteiger partial charge in [-0.1, -0.05) is 76.2 Å². The fourth-order valence-electron chi connectivity index (χ4n) is 3.03. The molecule has 0 aliphatic carbocycles. The van der Waals surface area contributed by atoms with E-state index in [-0.39, 0.29) is 11.9 Å². The molecule has 2 rings (SSSR count). The van der Waals surface area contributed by atoms with Gasteiger partial charge in [0, 0.05) is 0 Å². The Morgan fingerprint density at radius 2 is 1.54 bits per heavy atom. The molecule has 1 N–H and O–H groups in total. The van der Waals surface area contributed by atoms with Crippen molar-refractivity contribution in [3.8, 4) is 5.75 Å².